The van der Waals surface area contributed by atoms with Gasteiger partial charge in [0, 0.05) is 18.2 Å². The van der Waals surface area contributed by atoms with Gasteiger partial charge in [0.2, 0.25) is 0 Å². The molecule has 0 fully saturated rings. The van der Waals surface area contributed by atoms with Crippen LogP contribution in [0.4, 0.5) is 19.0 Å². The molecule has 1 heterocycles. The van der Waals surface area contributed by atoms with Crippen molar-refractivity contribution in [2.75, 3.05) is 5.73 Å². The summed E-state index contributed by atoms with van der Waals surface area (Å²) in [5.74, 6) is 0.136. The van der Waals surface area contributed by atoms with Crippen molar-refractivity contribution < 1.29 is 17.9 Å². The molecule has 0 saturated carbocycles. The van der Waals surface area contributed by atoms with Crippen LogP contribution in [0.3, 0.4) is 0 Å². The number of ether oxygens (including phenoxy) is 1. The van der Waals surface area contributed by atoms with E-state index in [9.17, 15) is 13.2 Å². The summed E-state index contributed by atoms with van der Waals surface area (Å²) in [6.07, 6.45) is -4.69. The molecule has 4 nitrogen and oxygen atoms in total. The van der Waals surface area contributed by atoms with E-state index < -0.39 is 6.36 Å². The average molecular weight is 271 g/mol. The highest BCUT2D eigenvalue weighted by atomic mass is 19.4. The highest BCUT2D eigenvalue weighted by Gasteiger charge is 2.31. The van der Waals surface area contributed by atoms with Crippen molar-refractivity contribution in [3.05, 3.63) is 29.8 Å². The summed E-state index contributed by atoms with van der Waals surface area (Å²) < 4.78 is 41.5. The van der Waals surface area contributed by atoms with E-state index in [0.29, 0.717) is 5.82 Å². The number of aromatic nitrogens is 2. The van der Waals surface area contributed by atoms with Crippen LogP contribution < -0.4 is 10.5 Å². The topological polar surface area (TPSA) is 53.1 Å². The minimum absolute atomic E-state index is 0.260. The molecule has 0 amide bonds. The van der Waals surface area contributed by atoms with Crippen LogP contribution >= 0.6 is 0 Å². The van der Waals surface area contributed by atoms with Crippen molar-refractivity contribution in [2.24, 2.45) is 7.05 Å². The Morgan fingerprint density at radius 1 is 1.21 bits per heavy atom. The first-order chi connectivity index (χ1) is 8.78. The zero-order chi connectivity index (χ0) is 14.2. The summed E-state index contributed by atoms with van der Waals surface area (Å²) in [6.45, 7) is 1.80. The molecule has 0 aliphatic heterocycles. The third-order valence-electron chi connectivity index (χ3n) is 2.68. The number of nitrogen functional groups attached to an aromatic ring is 1. The Morgan fingerprint density at radius 3 is 2.21 bits per heavy atom. The van der Waals surface area contributed by atoms with Gasteiger partial charge in [-0.25, -0.2) is 0 Å². The predicted octanol–water partition coefficient (Wildman–Crippen LogP) is 2.88. The van der Waals surface area contributed by atoms with Crippen LogP contribution in [0.25, 0.3) is 11.3 Å². The summed E-state index contributed by atoms with van der Waals surface area (Å²) in [6, 6.07) is 5.58. The van der Waals surface area contributed by atoms with E-state index in [-0.39, 0.29) is 5.75 Å². The molecule has 0 atom stereocenters. The molecule has 1 aromatic carbocycles. The lowest BCUT2D eigenvalue weighted by molar-refractivity contribution is -0.274. The van der Waals surface area contributed by atoms with Crippen molar-refractivity contribution >= 4 is 5.82 Å². The molecule has 0 saturated heterocycles. The second kappa shape index (κ2) is 4.49. The van der Waals surface area contributed by atoms with Gasteiger partial charge in [0.15, 0.2) is 0 Å². The van der Waals surface area contributed by atoms with E-state index >= 15 is 0 Å². The SMILES string of the molecule is Cc1c(N)nn(C)c1-c1ccc(OC(F)(F)F)cc1. The lowest BCUT2D eigenvalue weighted by Gasteiger charge is -2.09. The zero-order valence-electron chi connectivity index (χ0n) is 10.3. The first-order valence-electron chi connectivity index (χ1n) is 5.43. The summed E-state index contributed by atoms with van der Waals surface area (Å²) in [5.41, 5.74) is 7.95. The molecular weight excluding hydrogens is 259 g/mol. The van der Waals surface area contributed by atoms with Crippen LogP contribution in [0, 0.1) is 6.92 Å². The van der Waals surface area contributed by atoms with E-state index in [1.807, 2.05) is 0 Å². The van der Waals surface area contributed by atoms with Crippen molar-refractivity contribution in [3.63, 3.8) is 0 Å². The number of hydrogen-bond donors (Lipinski definition) is 1. The second-order valence-corrected chi connectivity index (χ2v) is 4.05. The summed E-state index contributed by atoms with van der Waals surface area (Å²) in [4.78, 5) is 0. The first kappa shape index (κ1) is 13.3. The van der Waals surface area contributed by atoms with Crippen molar-refractivity contribution in [1.82, 2.24) is 9.78 Å². The Kier molecular flexibility index (Phi) is 3.13. The quantitative estimate of drug-likeness (QED) is 0.913. The Labute approximate surface area is 107 Å². The molecule has 2 aromatic rings. The van der Waals surface area contributed by atoms with Crippen LogP contribution in [-0.2, 0) is 7.05 Å². The number of nitrogens with zero attached hydrogens (tertiary/aromatic N) is 2. The molecule has 0 aliphatic carbocycles. The maximum absolute atomic E-state index is 12.0. The normalized spacial score (nSPS) is 11.6. The predicted molar refractivity (Wildman–Crippen MR) is 64.5 cm³/mol. The van der Waals surface area contributed by atoms with E-state index in [4.69, 9.17) is 5.73 Å². The highest BCUT2D eigenvalue weighted by molar-refractivity contribution is 5.68. The molecule has 19 heavy (non-hydrogen) atoms. The number of anilines is 1. The maximum atomic E-state index is 12.0. The largest absolute Gasteiger partial charge is 0.573 e. The zero-order valence-corrected chi connectivity index (χ0v) is 10.3. The summed E-state index contributed by atoms with van der Waals surface area (Å²) in [5, 5.41) is 4.05. The third-order valence-corrected chi connectivity index (χ3v) is 2.68. The fourth-order valence-electron chi connectivity index (χ4n) is 1.87. The fraction of sp³-hybridized carbons (Fsp3) is 0.250. The van der Waals surface area contributed by atoms with Gasteiger partial charge in [0.05, 0.1) is 5.69 Å². The molecule has 7 heteroatoms. The van der Waals surface area contributed by atoms with Crippen LogP contribution in [0.1, 0.15) is 5.56 Å². The Hall–Kier alpha value is -2.18. The Balaban J connectivity index is 2.33. The maximum Gasteiger partial charge on any atom is 0.573 e. The van der Waals surface area contributed by atoms with E-state index in [1.54, 1.807) is 18.7 Å². The molecule has 2 N–H and O–H groups in total. The molecule has 0 unspecified atom stereocenters. The van der Waals surface area contributed by atoms with Crippen LogP contribution in [0.5, 0.6) is 5.75 Å². The molecule has 1 aromatic heterocycles. The van der Waals surface area contributed by atoms with E-state index in [0.717, 1.165) is 16.8 Å². The van der Waals surface area contributed by atoms with Gasteiger partial charge < -0.3 is 10.5 Å². The smallest absolute Gasteiger partial charge is 0.406 e. The van der Waals surface area contributed by atoms with Gasteiger partial charge in [0.25, 0.3) is 0 Å². The lowest BCUT2D eigenvalue weighted by atomic mass is 10.1. The van der Waals surface area contributed by atoms with Gasteiger partial charge in [0.1, 0.15) is 11.6 Å². The van der Waals surface area contributed by atoms with E-state index in [2.05, 4.69) is 9.84 Å². The number of nitrogens with two attached hydrogens (primary N) is 1. The molecular formula is C12H12F3N3O. The summed E-state index contributed by atoms with van der Waals surface area (Å²) >= 11 is 0. The second-order valence-electron chi connectivity index (χ2n) is 4.05. The minimum atomic E-state index is -4.69. The molecule has 2 rings (SSSR count). The van der Waals surface area contributed by atoms with Crippen molar-refractivity contribution in [2.45, 2.75) is 13.3 Å². The molecule has 0 radical (unpaired) electrons. The Morgan fingerprint density at radius 2 is 1.79 bits per heavy atom. The van der Waals surface area contributed by atoms with Crippen molar-refractivity contribution in [1.29, 1.82) is 0 Å². The highest BCUT2D eigenvalue weighted by Crippen LogP contribution is 2.29. The van der Waals surface area contributed by atoms with Gasteiger partial charge in [-0.15, -0.1) is 13.2 Å². The monoisotopic (exact) mass is 271 g/mol. The molecule has 102 valence electrons. The molecule has 0 bridgehead atoms. The van der Waals surface area contributed by atoms with Crippen LogP contribution in [0.2, 0.25) is 0 Å². The molecule has 0 aliphatic rings. The average Bonchev–Trinajstić information content (AvgIpc) is 2.53. The van der Waals surface area contributed by atoms with E-state index in [1.165, 1.54) is 24.3 Å². The van der Waals surface area contributed by atoms with Crippen LogP contribution in [-0.4, -0.2) is 16.1 Å². The number of alkyl halides is 3. The van der Waals surface area contributed by atoms with Gasteiger partial charge in [-0.05, 0) is 31.2 Å². The lowest BCUT2D eigenvalue weighted by Crippen LogP contribution is -2.16. The van der Waals surface area contributed by atoms with Crippen LogP contribution in [0.15, 0.2) is 24.3 Å². The summed E-state index contributed by atoms with van der Waals surface area (Å²) in [7, 11) is 1.72. The minimum Gasteiger partial charge on any atom is -0.406 e. The number of halogens is 3. The number of benzene rings is 1. The first-order valence-corrected chi connectivity index (χ1v) is 5.43. The Bertz CT molecular complexity index is 588. The number of rotatable bonds is 2. The van der Waals surface area contributed by atoms with Gasteiger partial charge in [-0.1, -0.05) is 0 Å². The standard InChI is InChI=1S/C12H12F3N3O/c1-7-10(18(2)17-11(7)16)8-3-5-9(6-4-8)19-12(13,14)15/h3-6H,1-2H3,(H2,16,17). The number of hydrogen-bond acceptors (Lipinski definition) is 3. The number of aryl methyl sites for hydroxylation is 1. The fourth-order valence-corrected chi connectivity index (χ4v) is 1.87. The van der Waals surface area contributed by atoms with Crippen molar-refractivity contribution in [3.8, 4) is 17.0 Å². The van der Waals surface area contributed by atoms with Gasteiger partial charge in [-0.2, -0.15) is 5.10 Å². The van der Waals surface area contributed by atoms with Gasteiger partial charge >= 0.3 is 6.36 Å². The van der Waals surface area contributed by atoms with Gasteiger partial charge in [-0.3, -0.25) is 4.68 Å². The molecule has 0 spiro atoms. The third kappa shape index (κ3) is 2.81.